The van der Waals surface area contributed by atoms with Crippen molar-refractivity contribution in [1.29, 1.82) is 0 Å². The van der Waals surface area contributed by atoms with Crippen molar-refractivity contribution >= 4 is 34.5 Å². The maximum Gasteiger partial charge on any atom is 0.224 e. The zero-order valence-electron chi connectivity index (χ0n) is 14.4. The van der Waals surface area contributed by atoms with E-state index < -0.39 is 0 Å². The van der Waals surface area contributed by atoms with Gasteiger partial charge in [-0.3, -0.25) is 9.59 Å². The zero-order valence-corrected chi connectivity index (χ0v) is 15.2. The van der Waals surface area contributed by atoms with Crippen molar-refractivity contribution in [3.8, 4) is 10.6 Å². The number of hydrogen-bond donors (Lipinski definition) is 2. The second kappa shape index (κ2) is 8.40. The molecule has 2 amide bonds. The fourth-order valence-corrected chi connectivity index (χ4v) is 3.34. The molecule has 0 radical (unpaired) electrons. The van der Waals surface area contributed by atoms with Crippen LogP contribution in [0, 0.1) is 0 Å². The molecule has 0 fully saturated rings. The molecule has 132 valence electrons. The molecule has 0 aliphatic carbocycles. The van der Waals surface area contributed by atoms with E-state index >= 15 is 0 Å². The lowest BCUT2D eigenvalue weighted by molar-refractivity contribution is -0.116. The Kier molecular flexibility index (Phi) is 5.76. The van der Waals surface area contributed by atoms with E-state index in [0.717, 1.165) is 16.3 Å². The first kappa shape index (κ1) is 17.8. The number of amides is 2. The van der Waals surface area contributed by atoms with Gasteiger partial charge < -0.3 is 10.6 Å². The average Bonchev–Trinajstić information content (AvgIpc) is 3.09. The molecular weight excluding hydrogens is 346 g/mol. The molecule has 0 unspecified atom stereocenters. The molecule has 3 aromatic rings. The van der Waals surface area contributed by atoms with Crippen LogP contribution in [0.5, 0.6) is 0 Å². The maximum atomic E-state index is 12.2. The lowest BCUT2D eigenvalue weighted by Gasteiger charge is -2.07. The fourth-order valence-electron chi connectivity index (χ4n) is 2.48. The van der Waals surface area contributed by atoms with Crippen LogP contribution in [-0.2, 0) is 16.0 Å². The molecule has 0 spiro atoms. The number of nitrogens with zero attached hydrogens (tertiary/aromatic N) is 1. The van der Waals surface area contributed by atoms with Gasteiger partial charge in [0.2, 0.25) is 11.8 Å². The number of carbonyl (C=O) groups excluding carboxylic acids is 2. The first-order valence-electron chi connectivity index (χ1n) is 8.27. The monoisotopic (exact) mass is 365 g/mol. The predicted octanol–water partition coefficient (Wildman–Crippen LogP) is 4.34. The smallest absolute Gasteiger partial charge is 0.224 e. The largest absolute Gasteiger partial charge is 0.326 e. The molecule has 0 aliphatic rings. The lowest BCUT2D eigenvalue weighted by atomic mass is 10.2. The molecule has 1 aromatic heterocycles. The second-order valence-electron chi connectivity index (χ2n) is 5.82. The van der Waals surface area contributed by atoms with Gasteiger partial charge in [0.05, 0.1) is 5.69 Å². The van der Waals surface area contributed by atoms with Crippen LogP contribution in [-0.4, -0.2) is 16.8 Å². The first-order chi connectivity index (χ1) is 12.6. The lowest BCUT2D eigenvalue weighted by Crippen LogP contribution is -2.13. The Balaban J connectivity index is 1.55. The van der Waals surface area contributed by atoms with Crippen molar-refractivity contribution in [1.82, 2.24) is 4.98 Å². The van der Waals surface area contributed by atoms with Crippen LogP contribution in [0.1, 0.15) is 19.0 Å². The molecule has 6 heteroatoms. The van der Waals surface area contributed by atoms with Crippen LogP contribution in [0.15, 0.2) is 60.0 Å². The highest BCUT2D eigenvalue weighted by molar-refractivity contribution is 7.13. The Morgan fingerprint density at radius 2 is 1.73 bits per heavy atom. The highest BCUT2D eigenvalue weighted by Gasteiger charge is 2.08. The predicted molar refractivity (Wildman–Crippen MR) is 105 cm³/mol. The minimum atomic E-state index is -0.147. The van der Waals surface area contributed by atoms with Gasteiger partial charge in [-0.05, 0) is 24.6 Å². The van der Waals surface area contributed by atoms with Gasteiger partial charge in [0.15, 0.2) is 0 Å². The standard InChI is InChI=1S/C20H19N3O2S/c1-14(24)21-16-8-5-9-17(12-16)22-19(25)11-10-18-13-26-20(23-18)15-6-3-2-4-7-15/h2-9,12-13H,10-11H2,1H3,(H,21,24)(H,22,25). The van der Waals surface area contributed by atoms with Crippen molar-refractivity contribution in [3.05, 3.63) is 65.7 Å². The second-order valence-corrected chi connectivity index (χ2v) is 6.68. The molecule has 26 heavy (non-hydrogen) atoms. The summed E-state index contributed by atoms with van der Waals surface area (Å²) in [6.45, 7) is 1.45. The Labute approximate surface area is 156 Å². The molecule has 2 aromatic carbocycles. The third kappa shape index (κ3) is 5.00. The summed E-state index contributed by atoms with van der Waals surface area (Å²) in [7, 11) is 0. The summed E-state index contributed by atoms with van der Waals surface area (Å²) in [5, 5.41) is 8.50. The zero-order chi connectivity index (χ0) is 18.4. The van der Waals surface area contributed by atoms with Gasteiger partial charge in [-0.25, -0.2) is 4.98 Å². The van der Waals surface area contributed by atoms with Crippen LogP contribution < -0.4 is 10.6 Å². The number of nitrogens with one attached hydrogen (secondary N) is 2. The number of hydrogen-bond acceptors (Lipinski definition) is 4. The van der Waals surface area contributed by atoms with Gasteiger partial charge >= 0.3 is 0 Å². The van der Waals surface area contributed by atoms with Crippen molar-refractivity contribution in [3.63, 3.8) is 0 Å². The van der Waals surface area contributed by atoms with Gasteiger partial charge in [-0.2, -0.15) is 0 Å². The van der Waals surface area contributed by atoms with Crippen molar-refractivity contribution in [2.45, 2.75) is 19.8 Å². The number of aromatic nitrogens is 1. The summed E-state index contributed by atoms with van der Waals surface area (Å²) >= 11 is 1.58. The molecule has 0 aliphatic heterocycles. The molecule has 0 saturated heterocycles. The topological polar surface area (TPSA) is 71.1 Å². The molecule has 2 N–H and O–H groups in total. The van der Waals surface area contributed by atoms with Gasteiger partial charge in [0.1, 0.15) is 5.01 Å². The molecule has 0 bridgehead atoms. The summed E-state index contributed by atoms with van der Waals surface area (Å²) < 4.78 is 0. The molecule has 3 rings (SSSR count). The molecule has 5 nitrogen and oxygen atoms in total. The third-order valence-electron chi connectivity index (χ3n) is 3.65. The number of rotatable bonds is 6. The minimum Gasteiger partial charge on any atom is -0.326 e. The summed E-state index contributed by atoms with van der Waals surface area (Å²) in [5.41, 5.74) is 3.31. The third-order valence-corrected chi connectivity index (χ3v) is 4.59. The van der Waals surface area contributed by atoms with E-state index in [-0.39, 0.29) is 11.8 Å². The van der Waals surface area contributed by atoms with Crippen LogP contribution >= 0.6 is 11.3 Å². The van der Waals surface area contributed by atoms with E-state index in [4.69, 9.17) is 0 Å². The maximum absolute atomic E-state index is 12.2. The van der Waals surface area contributed by atoms with E-state index in [1.54, 1.807) is 35.6 Å². The summed E-state index contributed by atoms with van der Waals surface area (Å²) in [6.07, 6.45) is 0.933. The number of aryl methyl sites for hydroxylation is 1. The van der Waals surface area contributed by atoms with E-state index in [9.17, 15) is 9.59 Å². The van der Waals surface area contributed by atoms with Crippen LogP contribution in [0.25, 0.3) is 10.6 Å². The van der Waals surface area contributed by atoms with Crippen LogP contribution in [0.2, 0.25) is 0 Å². The quantitative estimate of drug-likeness (QED) is 0.683. The van der Waals surface area contributed by atoms with Crippen LogP contribution in [0.4, 0.5) is 11.4 Å². The Morgan fingerprint density at radius 3 is 2.46 bits per heavy atom. The first-order valence-corrected chi connectivity index (χ1v) is 9.15. The fraction of sp³-hybridized carbons (Fsp3) is 0.150. The van der Waals surface area contributed by atoms with Crippen molar-refractivity contribution in [2.24, 2.45) is 0 Å². The van der Waals surface area contributed by atoms with Gasteiger partial charge in [-0.15, -0.1) is 11.3 Å². The molecule has 0 atom stereocenters. The van der Waals surface area contributed by atoms with Gasteiger partial charge in [0, 0.05) is 35.7 Å². The van der Waals surface area contributed by atoms with Crippen molar-refractivity contribution < 1.29 is 9.59 Å². The summed E-state index contributed by atoms with van der Waals surface area (Å²) in [6, 6.07) is 17.1. The molecule has 1 heterocycles. The summed E-state index contributed by atoms with van der Waals surface area (Å²) in [5.74, 6) is -0.231. The average molecular weight is 365 g/mol. The normalized spacial score (nSPS) is 10.3. The van der Waals surface area contributed by atoms with E-state index in [0.29, 0.717) is 24.2 Å². The highest BCUT2D eigenvalue weighted by Crippen LogP contribution is 2.24. The minimum absolute atomic E-state index is 0.0840. The Bertz CT molecular complexity index is 906. The van der Waals surface area contributed by atoms with E-state index in [2.05, 4.69) is 15.6 Å². The van der Waals surface area contributed by atoms with Gasteiger partial charge in [0.25, 0.3) is 0 Å². The van der Waals surface area contributed by atoms with Gasteiger partial charge in [-0.1, -0.05) is 36.4 Å². The Hall–Kier alpha value is -2.99. The summed E-state index contributed by atoms with van der Waals surface area (Å²) in [4.78, 5) is 27.9. The number of anilines is 2. The number of thiazole rings is 1. The highest BCUT2D eigenvalue weighted by atomic mass is 32.1. The number of benzene rings is 2. The van der Waals surface area contributed by atoms with E-state index in [1.807, 2.05) is 35.7 Å². The number of carbonyl (C=O) groups is 2. The van der Waals surface area contributed by atoms with Crippen LogP contribution in [0.3, 0.4) is 0 Å². The molecular formula is C20H19N3O2S. The SMILES string of the molecule is CC(=O)Nc1cccc(NC(=O)CCc2csc(-c3ccccc3)n2)c1. The molecule has 0 saturated carbocycles. The van der Waals surface area contributed by atoms with Crippen molar-refractivity contribution in [2.75, 3.05) is 10.6 Å². The van der Waals surface area contributed by atoms with E-state index in [1.165, 1.54) is 6.92 Å². The Morgan fingerprint density at radius 1 is 1.00 bits per heavy atom.